The zero-order valence-electron chi connectivity index (χ0n) is 45.9. The number of likely N-dealkylation sites (tertiary alicyclic amines) is 1. The van der Waals surface area contributed by atoms with Crippen molar-refractivity contribution in [1.82, 2.24) is 51.0 Å². The number of hydrogen-bond acceptors (Lipinski definition) is 15. The first-order chi connectivity index (χ1) is 37.0. The summed E-state index contributed by atoms with van der Waals surface area (Å²) in [6.07, 6.45) is 3.88. The molecule has 0 spiro atoms. The number of aromatic nitrogens is 3. The Kier molecular flexibility index (Phi) is 22.9. The molecule has 4 aromatic rings. The molecule has 7 atom stereocenters. The average molecular weight is 1070 g/mol. The predicted molar refractivity (Wildman–Crippen MR) is 288 cm³/mol. The minimum Gasteiger partial charge on any atom is -0.489 e. The molecule has 2 bridgehead atoms. The molecule has 422 valence electrons. The van der Waals surface area contributed by atoms with Gasteiger partial charge in [-0.15, -0.1) is 0 Å². The van der Waals surface area contributed by atoms with Crippen molar-refractivity contribution >= 4 is 41.0 Å². The summed E-state index contributed by atoms with van der Waals surface area (Å²) in [5.74, 6) is -0.835. The molecule has 1 saturated heterocycles. The standard InChI is InChI=1S/C55H80FN11O10/c1-9-44(39-13-11-10-12-14-39)62-52(70)45-32-41(35-66(45)54(72)49(55(5,6)7)64-51(69)38(4)57-8)58-20-24-74-26-28-76-30-29-75-27-25-73-23-18-48(68)59-19-22-65-34-36(2)77-46-16-15-40(56)31-42(46)37(3)61-47-17-21-67-50(63-47)43(33-60-67)53(65)71/h10-17,21,31,33,36-38,41,44-45,49,57-58H,9,18-20,22-30,32,34-35H2,1-8H3,(H,59,68)(H,61,63)(H,62,70)(H,64,69)/t36-,37?,38-,41-,44+,45-,49?/m0/s1. The molecule has 0 aliphatic carbocycles. The van der Waals surface area contributed by atoms with Crippen LogP contribution in [0.3, 0.4) is 0 Å². The number of carbonyl (C=O) groups excluding carboxylic acids is 5. The van der Waals surface area contributed by atoms with E-state index in [1.165, 1.54) is 22.8 Å². The van der Waals surface area contributed by atoms with Crippen LogP contribution in [0.4, 0.5) is 10.2 Å². The highest BCUT2D eigenvalue weighted by Gasteiger charge is 2.45. The molecule has 2 aliphatic rings. The van der Waals surface area contributed by atoms with Gasteiger partial charge in [-0.1, -0.05) is 58.0 Å². The molecule has 2 aromatic heterocycles. The maximum Gasteiger partial charge on any atom is 0.259 e. The Balaban J connectivity index is 0.843. The number of nitrogens with zero attached hydrogens (tertiary/aromatic N) is 5. The van der Waals surface area contributed by atoms with Crippen LogP contribution in [0.1, 0.15) is 101 Å². The van der Waals surface area contributed by atoms with Gasteiger partial charge in [-0.3, -0.25) is 24.0 Å². The normalized spacial score (nSPS) is 19.0. The first kappa shape index (κ1) is 59.9. The monoisotopic (exact) mass is 1070 g/mol. The number of fused-ring (bicyclic) bond motifs is 2. The highest BCUT2D eigenvalue weighted by Crippen LogP contribution is 2.31. The molecule has 77 heavy (non-hydrogen) atoms. The molecule has 21 nitrogen and oxygen atoms in total. The number of likely N-dealkylation sites (N-methyl/N-ethyl adjacent to an activating group) is 1. The minimum atomic E-state index is -0.853. The van der Waals surface area contributed by atoms with Crippen LogP contribution in [0.2, 0.25) is 0 Å². The van der Waals surface area contributed by atoms with Crippen molar-refractivity contribution in [1.29, 1.82) is 0 Å². The molecular formula is C55H80FN11O10. The van der Waals surface area contributed by atoms with Gasteiger partial charge in [0, 0.05) is 50.4 Å². The minimum absolute atomic E-state index is 0.117. The van der Waals surface area contributed by atoms with Crippen LogP contribution in [0.5, 0.6) is 5.75 Å². The highest BCUT2D eigenvalue weighted by atomic mass is 19.1. The first-order valence-corrected chi connectivity index (χ1v) is 26.8. The second-order valence-corrected chi connectivity index (χ2v) is 20.5. The second-order valence-electron chi connectivity index (χ2n) is 20.5. The first-order valence-electron chi connectivity index (χ1n) is 26.8. The summed E-state index contributed by atoms with van der Waals surface area (Å²) >= 11 is 0. The summed E-state index contributed by atoms with van der Waals surface area (Å²) < 4.78 is 44.9. The van der Waals surface area contributed by atoms with Gasteiger partial charge < -0.3 is 65.4 Å². The SMILES string of the molecule is CC[C@@H](NC(=O)[C@@H]1C[C@H](NCCOCCOCCOCCOCCC(=O)NCCN2C[C@H](C)Oc3ccc(F)cc3C(C)Nc3ccn4ncc(c4n3)C2=O)CN1C(=O)C(NC(=O)[C@H](C)NC)C(C)(C)C)c1ccccc1. The van der Waals surface area contributed by atoms with E-state index in [1.807, 2.05) is 71.9 Å². The fourth-order valence-electron chi connectivity index (χ4n) is 9.12. The van der Waals surface area contributed by atoms with Gasteiger partial charge in [-0.05, 0) is 75.9 Å². The molecule has 6 rings (SSSR count). The summed E-state index contributed by atoms with van der Waals surface area (Å²) in [4.78, 5) is 75.9. The van der Waals surface area contributed by atoms with Crippen LogP contribution < -0.4 is 36.6 Å². The lowest BCUT2D eigenvalue weighted by atomic mass is 9.85. The number of carbonyl (C=O) groups is 5. The summed E-state index contributed by atoms with van der Waals surface area (Å²) in [6.45, 7) is 17.1. The number of ether oxygens (including phenoxy) is 5. The van der Waals surface area contributed by atoms with Gasteiger partial charge in [0.15, 0.2) is 5.65 Å². The van der Waals surface area contributed by atoms with E-state index in [2.05, 4.69) is 42.0 Å². The van der Waals surface area contributed by atoms with E-state index >= 15 is 0 Å². The van der Waals surface area contributed by atoms with Crippen LogP contribution in [0, 0.1) is 11.2 Å². The fourth-order valence-corrected chi connectivity index (χ4v) is 9.12. The summed E-state index contributed by atoms with van der Waals surface area (Å²) in [5, 5.41) is 23.0. The number of benzene rings is 2. The number of nitrogens with one attached hydrogen (secondary N) is 6. The van der Waals surface area contributed by atoms with Crippen molar-refractivity contribution in [3.63, 3.8) is 0 Å². The Labute approximate surface area is 451 Å². The lowest BCUT2D eigenvalue weighted by Crippen LogP contribution is -2.59. The van der Waals surface area contributed by atoms with Gasteiger partial charge >= 0.3 is 0 Å². The Morgan fingerprint density at radius 2 is 1.58 bits per heavy atom. The third-order valence-corrected chi connectivity index (χ3v) is 13.5. The lowest BCUT2D eigenvalue weighted by Gasteiger charge is -2.36. The van der Waals surface area contributed by atoms with Crippen LogP contribution in [0.15, 0.2) is 67.0 Å². The van der Waals surface area contributed by atoms with Gasteiger partial charge in [0.25, 0.3) is 5.91 Å². The van der Waals surface area contributed by atoms with Crippen LogP contribution in [-0.2, 0) is 38.1 Å². The van der Waals surface area contributed by atoms with Crippen molar-refractivity contribution in [3.05, 3.63) is 89.5 Å². The van der Waals surface area contributed by atoms with Crippen molar-refractivity contribution < 1.29 is 52.0 Å². The molecule has 0 radical (unpaired) electrons. The van der Waals surface area contributed by atoms with Gasteiger partial charge in [0.1, 0.15) is 41.1 Å². The zero-order valence-corrected chi connectivity index (χ0v) is 45.9. The molecule has 2 unspecified atom stereocenters. The van der Waals surface area contributed by atoms with Crippen molar-refractivity contribution in [2.75, 3.05) is 97.9 Å². The largest absolute Gasteiger partial charge is 0.489 e. The van der Waals surface area contributed by atoms with E-state index in [0.717, 1.165) is 5.56 Å². The zero-order chi connectivity index (χ0) is 55.5. The summed E-state index contributed by atoms with van der Waals surface area (Å²) in [7, 11) is 1.69. The van der Waals surface area contributed by atoms with E-state index < -0.39 is 35.5 Å². The molecule has 22 heteroatoms. The topological polar surface area (TPSA) is 240 Å². The lowest BCUT2D eigenvalue weighted by molar-refractivity contribution is -0.144. The van der Waals surface area contributed by atoms with Crippen LogP contribution >= 0.6 is 0 Å². The highest BCUT2D eigenvalue weighted by molar-refractivity contribution is 6.00. The molecule has 4 heterocycles. The molecule has 6 N–H and O–H groups in total. The van der Waals surface area contributed by atoms with E-state index in [9.17, 15) is 28.4 Å². The molecular weight excluding hydrogens is 994 g/mol. The van der Waals surface area contributed by atoms with Crippen LogP contribution in [-0.4, -0.2) is 177 Å². The quantitative estimate of drug-likeness (QED) is 0.0466. The van der Waals surface area contributed by atoms with Crippen molar-refractivity contribution in [3.8, 4) is 5.75 Å². The Hall–Kier alpha value is -6.30. The van der Waals surface area contributed by atoms with E-state index in [0.29, 0.717) is 93.9 Å². The summed E-state index contributed by atoms with van der Waals surface area (Å²) in [5.41, 5.74) is 1.62. The second kappa shape index (κ2) is 29.4. The number of anilines is 1. The third-order valence-electron chi connectivity index (χ3n) is 13.5. The molecule has 1 fully saturated rings. The fraction of sp³-hybridized carbons (Fsp3) is 0.582. The van der Waals surface area contributed by atoms with E-state index in [1.54, 1.807) is 42.1 Å². The van der Waals surface area contributed by atoms with Crippen molar-refractivity contribution in [2.45, 2.75) is 110 Å². The Morgan fingerprint density at radius 1 is 0.896 bits per heavy atom. The molecule has 0 saturated carbocycles. The number of rotatable bonds is 27. The smallest absolute Gasteiger partial charge is 0.259 e. The number of halogens is 1. The average Bonchev–Trinajstić information content (AvgIpc) is 4.05. The number of hydrogen-bond donors (Lipinski definition) is 6. The number of amides is 5. The van der Waals surface area contributed by atoms with Gasteiger partial charge in [0.2, 0.25) is 23.6 Å². The molecule has 2 aliphatic heterocycles. The maximum absolute atomic E-state index is 14.4. The van der Waals surface area contributed by atoms with E-state index in [4.69, 9.17) is 23.7 Å². The Morgan fingerprint density at radius 3 is 2.26 bits per heavy atom. The van der Waals surface area contributed by atoms with Crippen LogP contribution in [0.25, 0.3) is 5.65 Å². The molecule has 2 aromatic carbocycles. The Bertz CT molecular complexity index is 2550. The van der Waals surface area contributed by atoms with Gasteiger partial charge in [-0.25, -0.2) is 13.9 Å². The third kappa shape index (κ3) is 17.6. The summed E-state index contributed by atoms with van der Waals surface area (Å²) in [6, 6.07) is 13.0. The van der Waals surface area contributed by atoms with Crippen molar-refractivity contribution in [2.24, 2.45) is 5.41 Å². The molecule has 5 amide bonds. The van der Waals surface area contributed by atoms with E-state index in [-0.39, 0.29) is 86.9 Å². The van der Waals surface area contributed by atoms with Gasteiger partial charge in [0.05, 0.1) is 83.7 Å². The maximum atomic E-state index is 14.4. The van der Waals surface area contributed by atoms with Gasteiger partial charge in [-0.2, -0.15) is 5.10 Å². The predicted octanol–water partition coefficient (Wildman–Crippen LogP) is 3.80.